The molecule has 2 unspecified atom stereocenters. The zero-order valence-electron chi connectivity index (χ0n) is 10.4. The summed E-state index contributed by atoms with van der Waals surface area (Å²) in [5.74, 6) is 2.63. The van der Waals surface area contributed by atoms with Gasteiger partial charge in [0.15, 0.2) is 0 Å². The van der Waals surface area contributed by atoms with Gasteiger partial charge in [0.2, 0.25) is 0 Å². The maximum atomic E-state index is 3.56. The highest BCUT2D eigenvalue weighted by Crippen LogP contribution is 2.40. The van der Waals surface area contributed by atoms with Crippen molar-refractivity contribution in [1.29, 1.82) is 0 Å². The maximum Gasteiger partial charge on any atom is -0.00175 e. The van der Waals surface area contributed by atoms with E-state index in [1.165, 1.54) is 24.9 Å². The summed E-state index contributed by atoms with van der Waals surface area (Å²) in [6.45, 7) is 6.91. The molecule has 0 heterocycles. The average molecular weight is 217 g/mol. The van der Waals surface area contributed by atoms with E-state index >= 15 is 0 Å². The molecule has 0 aromatic heterocycles. The van der Waals surface area contributed by atoms with Crippen molar-refractivity contribution in [2.45, 2.75) is 26.7 Å². The third kappa shape index (κ3) is 3.64. The standard InChI is InChI=1S/C15H23N/c1-12(2)10-16-11-15-9-14(15)8-13-6-4-3-5-7-13/h3-7,12,14-16H,8-11H2,1-2H3. The van der Waals surface area contributed by atoms with Gasteiger partial charge in [-0.1, -0.05) is 44.2 Å². The van der Waals surface area contributed by atoms with E-state index in [0.29, 0.717) is 0 Å². The van der Waals surface area contributed by atoms with Crippen LogP contribution in [0.1, 0.15) is 25.8 Å². The highest BCUT2D eigenvalue weighted by Gasteiger charge is 2.35. The van der Waals surface area contributed by atoms with Crippen LogP contribution in [0, 0.1) is 17.8 Å². The van der Waals surface area contributed by atoms with Gasteiger partial charge in [-0.05, 0) is 49.2 Å². The van der Waals surface area contributed by atoms with E-state index in [1.807, 2.05) is 0 Å². The summed E-state index contributed by atoms with van der Waals surface area (Å²) >= 11 is 0. The summed E-state index contributed by atoms with van der Waals surface area (Å²) in [6.07, 6.45) is 2.69. The zero-order valence-corrected chi connectivity index (χ0v) is 10.4. The van der Waals surface area contributed by atoms with Gasteiger partial charge in [-0.2, -0.15) is 0 Å². The van der Waals surface area contributed by atoms with Crippen LogP contribution in [0.2, 0.25) is 0 Å². The van der Waals surface area contributed by atoms with Crippen LogP contribution in [0.25, 0.3) is 0 Å². The molecule has 1 fully saturated rings. The van der Waals surface area contributed by atoms with Crippen molar-refractivity contribution in [2.24, 2.45) is 17.8 Å². The fourth-order valence-corrected chi connectivity index (χ4v) is 2.28. The van der Waals surface area contributed by atoms with Crippen molar-refractivity contribution < 1.29 is 0 Å². The molecule has 1 aliphatic carbocycles. The maximum absolute atomic E-state index is 3.56. The van der Waals surface area contributed by atoms with Crippen molar-refractivity contribution in [2.75, 3.05) is 13.1 Å². The monoisotopic (exact) mass is 217 g/mol. The molecule has 1 aromatic rings. The second-order valence-corrected chi connectivity index (χ2v) is 5.50. The smallest absolute Gasteiger partial charge is 0.00175 e. The Morgan fingerprint density at radius 3 is 2.62 bits per heavy atom. The van der Waals surface area contributed by atoms with Crippen molar-refractivity contribution in [3.8, 4) is 0 Å². The summed E-state index contributed by atoms with van der Waals surface area (Å²) in [6, 6.07) is 10.9. The first-order valence-corrected chi connectivity index (χ1v) is 6.50. The molecule has 2 atom stereocenters. The summed E-state index contributed by atoms with van der Waals surface area (Å²) < 4.78 is 0. The lowest BCUT2D eigenvalue weighted by molar-refractivity contribution is 0.522. The normalized spacial score (nSPS) is 23.7. The minimum Gasteiger partial charge on any atom is -0.316 e. The molecule has 0 saturated heterocycles. The summed E-state index contributed by atoms with van der Waals surface area (Å²) in [5, 5.41) is 3.56. The molecule has 1 N–H and O–H groups in total. The lowest BCUT2D eigenvalue weighted by Gasteiger charge is -2.06. The highest BCUT2D eigenvalue weighted by molar-refractivity contribution is 5.16. The van der Waals surface area contributed by atoms with Gasteiger partial charge in [0.05, 0.1) is 0 Å². The van der Waals surface area contributed by atoms with Crippen LogP contribution < -0.4 is 5.32 Å². The van der Waals surface area contributed by atoms with Crippen LogP contribution in [0.3, 0.4) is 0 Å². The first-order valence-electron chi connectivity index (χ1n) is 6.50. The molecule has 0 bridgehead atoms. The minimum absolute atomic E-state index is 0.770. The van der Waals surface area contributed by atoms with E-state index < -0.39 is 0 Å². The van der Waals surface area contributed by atoms with E-state index in [-0.39, 0.29) is 0 Å². The van der Waals surface area contributed by atoms with E-state index in [4.69, 9.17) is 0 Å². The predicted octanol–water partition coefficient (Wildman–Crippen LogP) is 3.11. The molecule has 2 rings (SSSR count). The van der Waals surface area contributed by atoms with E-state index in [9.17, 15) is 0 Å². The Kier molecular flexibility index (Phi) is 4.00. The van der Waals surface area contributed by atoms with E-state index in [2.05, 4.69) is 49.5 Å². The second kappa shape index (κ2) is 5.49. The number of nitrogens with one attached hydrogen (secondary N) is 1. The molecule has 0 aliphatic heterocycles. The lowest BCUT2D eigenvalue weighted by Crippen LogP contribution is -2.22. The molecule has 0 spiro atoms. The van der Waals surface area contributed by atoms with Gasteiger partial charge in [0.25, 0.3) is 0 Å². The van der Waals surface area contributed by atoms with Gasteiger partial charge in [-0.15, -0.1) is 0 Å². The molecule has 16 heavy (non-hydrogen) atoms. The van der Waals surface area contributed by atoms with Crippen molar-refractivity contribution in [1.82, 2.24) is 5.32 Å². The Morgan fingerprint density at radius 2 is 1.94 bits per heavy atom. The molecular weight excluding hydrogens is 194 g/mol. The lowest BCUT2D eigenvalue weighted by atomic mass is 10.1. The van der Waals surface area contributed by atoms with Gasteiger partial charge >= 0.3 is 0 Å². The SMILES string of the molecule is CC(C)CNCC1CC1Cc1ccccc1. The second-order valence-electron chi connectivity index (χ2n) is 5.50. The average Bonchev–Trinajstić information content (AvgIpc) is 2.97. The molecule has 1 aliphatic rings. The Labute approximate surface area is 99.3 Å². The van der Waals surface area contributed by atoms with Crippen molar-refractivity contribution >= 4 is 0 Å². The molecule has 1 nitrogen and oxygen atoms in total. The molecule has 0 radical (unpaired) electrons. The third-order valence-corrected chi connectivity index (χ3v) is 3.37. The Hall–Kier alpha value is -0.820. The number of rotatable bonds is 6. The van der Waals surface area contributed by atoms with Crippen LogP contribution in [0.4, 0.5) is 0 Å². The molecule has 88 valence electrons. The Bertz CT molecular complexity index is 304. The fraction of sp³-hybridized carbons (Fsp3) is 0.600. The molecule has 1 saturated carbocycles. The van der Waals surface area contributed by atoms with E-state index in [0.717, 1.165) is 24.3 Å². The fourth-order valence-electron chi connectivity index (χ4n) is 2.28. The molecule has 1 aromatic carbocycles. The van der Waals surface area contributed by atoms with Crippen molar-refractivity contribution in [3.63, 3.8) is 0 Å². The van der Waals surface area contributed by atoms with Crippen LogP contribution in [-0.2, 0) is 6.42 Å². The predicted molar refractivity (Wildman–Crippen MR) is 69.5 cm³/mol. The number of hydrogen-bond acceptors (Lipinski definition) is 1. The first-order chi connectivity index (χ1) is 7.75. The Morgan fingerprint density at radius 1 is 1.19 bits per heavy atom. The number of hydrogen-bond donors (Lipinski definition) is 1. The van der Waals surface area contributed by atoms with Crippen LogP contribution in [0.15, 0.2) is 30.3 Å². The summed E-state index contributed by atoms with van der Waals surface area (Å²) in [5.41, 5.74) is 1.50. The molecular formula is C15H23N. The Balaban J connectivity index is 1.64. The molecule has 1 heteroatoms. The van der Waals surface area contributed by atoms with Crippen LogP contribution in [-0.4, -0.2) is 13.1 Å². The van der Waals surface area contributed by atoms with Gasteiger partial charge in [-0.25, -0.2) is 0 Å². The van der Waals surface area contributed by atoms with Gasteiger partial charge < -0.3 is 5.32 Å². The van der Waals surface area contributed by atoms with Crippen LogP contribution in [0.5, 0.6) is 0 Å². The summed E-state index contributed by atoms with van der Waals surface area (Å²) in [4.78, 5) is 0. The van der Waals surface area contributed by atoms with Gasteiger partial charge in [-0.3, -0.25) is 0 Å². The molecule has 0 amide bonds. The summed E-state index contributed by atoms with van der Waals surface area (Å²) in [7, 11) is 0. The number of benzene rings is 1. The topological polar surface area (TPSA) is 12.0 Å². The van der Waals surface area contributed by atoms with Gasteiger partial charge in [0.1, 0.15) is 0 Å². The quantitative estimate of drug-likeness (QED) is 0.772. The largest absolute Gasteiger partial charge is 0.316 e. The van der Waals surface area contributed by atoms with Crippen molar-refractivity contribution in [3.05, 3.63) is 35.9 Å². The van der Waals surface area contributed by atoms with E-state index in [1.54, 1.807) is 0 Å². The third-order valence-electron chi connectivity index (χ3n) is 3.37. The minimum atomic E-state index is 0.770. The first kappa shape index (κ1) is 11.7. The van der Waals surface area contributed by atoms with Crippen LogP contribution >= 0.6 is 0 Å². The van der Waals surface area contributed by atoms with Gasteiger partial charge in [0, 0.05) is 0 Å². The highest BCUT2D eigenvalue weighted by atomic mass is 14.9. The zero-order chi connectivity index (χ0) is 11.4.